The van der Waals surface area contributed by atoms with Crippen LogP contribution in [0.25, 0.3) is 6.08 Å². The summed E-state index contributed by atoms with van der Waals surface area (Å²) < 4.78 is 18.8. The van der Waals surface area contributed by atoms with E-state index in [1.165, 1.54) is 36.3 Å². The molecule has 1 saturated heterocycles. The predicted molar refractivity (Wildman–Crippen MR) is 96.7 cm³/mol. The molecular formula is C17H12FNO3S2. The summed E-state index contributed by atoms with van der Waals surface area (Å²) in [5, 5.41) is 9.62. The molecule has 0 atom stereocenters. The van der Waals surface area contributed by atoms with Gasteiger partial charge in [0.15, 0.2) is 15.8 Å². The van der Waals surface area contributed by atoms with E-state index >= 15 is 0 Å². The fourth-order valence-corrected chi connectivity index (χ4v) is 3.54. The van der Waals surface area contributed by atoms with Crippen LogP contribution in [-0.4, -0.2) is 22.4 Å². The van der Waals surface area contributed by atoms with Gasteiger partial charge in [0.2, 0.25) is 0 Å². The topological polar surface area (TPSA) is 49.8 Å². The molecule has 0 aliphatic carbocycles. The Morgan fingerprint density at radius 2 is 2.08 bits per heavy atom. The van der Waals surface area contributed by atoms with Crippen molar-refractivity contribution in [3.8, 4) is 11.5 Å². The van der Waals surface area contributed by atoms with Crippen LogP contribution in [0.5, 0.6) is 11.5 Å². The van der Waals surface area contributed by atoms with Crippen LogP contribution in [0.4, 0.5) is 10.1 Å². The SMILES string of the molecule is COc1cc(/C=C2/SC(=S)N(c3cccc(F)c3)C2=O)ccc1O. The molecule has 24 heavy (non-hydrogen) atoms. The number of halogens is 1. The van der Waals surface area contributed by atoms with Gasteiger partial charge in [0.1, 0.15) is 5.82 Å². The van der Waals surface area contributed by atoms with Crippen molar-refractivity contribution in [3.05, 3.63) is 58.8 Å². The summed E-state index contributed by atoms with van der Waals surface area (Å²) in [4.78, 5) is 14.3. The van der Waals surface area contributed by atoms with Crippen LogP contribution in [0.2, 0.25) is 0 Å². The highest BCUT2D eigenvalue weighted by Gasteiger charge is 2.33. The average Bonchev–Trinajstić information content (AvgIpc) is 2.83. The number of aromatic hydroxyl groups is 1. The average molecular weight is 361 g/mol. The third kappa shape index (κ3) is 3.13. The van der Waals surface area contributed by atoms with Gasteiger partial charge in [-0.25, -0.2) is 4.39 Å². The molecule has 0 saturated carbocycles. The Bertz CT molecular complexity index is 867. The van der Waals surface area contributed by atoms with Gasteiger partial charge in [0.25, 0.3) is 5.91 Å². The number of nitrogens with zero attached hydrogens (tertiary/aromatic N) is 1. The molecule has 2 aromatic rings. The molecule has 4 nitrogen and oxygen atoms in total. The molecule has 0 aromatic heterocycles. The highest BCUT2D eigenvalue weighted by Crippen LogP contribution is 2.37. The minimum atomic E-state index is -0.436. The lowest BCUT2D eigenvalue weighted by molar-refractivity contribution is -0.113. The molecule has 1 fully saturated rings. The first-order valence-corrected chi connectivity index (χ1v) is 8.12. The van der Waals surface area contributed by atoms with Crippen molar-refractivity contribution in [2.75, 3.05) is 12.0 Å². The lowest BCUT2D eigenvalue weighted by Crippen LogP contribution is -2.27. The number of carbonyl (C=O) groups is 1. The molecular weight excluding hydrogens is 349 g/mol. The smallest absolute Gasteiger partial charge is 0.270 e. The van der Waals surface area contributed by atoms with Crippen molar-refractivity contribution in [1.82, 2.24) is 0 Å². The summed E-state index contributed by atoms with van der Waals surface area (Å²) in [6.07, 6.45) is 1.65. The zero-order valence-electron chi connectivity index (χ0n) is 12.5. The second-order valence-electron chi connectivity index (χ2n) is 4.93. The number of phenolic OH excluding ortho intramolecular Hbond substituents is 1. The molecule has 1 aliphatic heterocycles. The maximum absolute atomic E-state index is 13.4. The lowest BCUT2D eigenvalue weighted by Gasteiger charge is -2.14. The highest BCUT2D eigenvalue weighted by molar-refractivity contribution is 8.27. The summed E-state index contributed by atoms with van der Waals surface area (Å²) in [7, 11) is 1.45. The normalized spacial score (nSPS) is 16.1. The van der Waals surface area contributed by atoms with Gasteiger partial charge >= 0.3 is 0 Å². The van der Waals surface area contributed by atoms with Crippen LogP contribution in [-0.2, 0) is 4.79 Å². The summed E-state index contributed by atoms with van der Waals surface area (Å²) in [5.41, 5.74) is 1.08. The summed E-state index contributed by atoms with van der Waals surface area (Å²) in [5.74, 6) is -0.428. The van der Waals surface area contributed by atoms with Crippen LogP contribution >= 0.6 is 24.0 Å². The molecule has 2 aromatic carbocycles. The molecule has 1 N–H and O–H groups in total. The van der Waals surface area contributed by atoms with E-state index in [0.717, 1.165) is 11.8 Å². The Morgan fingerprint density at radius 1 is 1.29 bits per heavy atom. The number of ether oxygens (including phenoxy) is 1. The maximum Gasteiger partial charge on any atom is 0.270 e. The zero-order valence-corrected chi connectivity index (χ0v) is 14.2. The highest BCUT2D eigenvalue weighted by atomic mass is 32.2. The Balaban J connectivity index is 1.94. The van der Waals surface area contributed by atoms with Crippen molar-refractivity contribution in [2.45, 2.75) is 0 Å². The molecule has 0 spiro atoms. The molecule has 0 radical (unpaired) electrons. The monoisotopic (exact) mass is 361 g/mol. The molecule has 1 heterocycles. The second-order valence-corrected chi connectivity index (χ2v) is 6.60. The van der Waals surface area contributed by atoms with Crippen LogP contribution in [0, 0.1) is 5.82 Å². The second kappa shape index (κ2) is 6.62. The number of hydrogen-bond donors (Lipinski definition) is 1. The number of rotatable bonds is 3. The van der Waals surface area contributed by atoms with Gasteiger partial charge in [-0.05, 0) is 42.0 Å². The van der Waals surface area contributed by atoms with Gasteiger partial charge in [0.05, 0.1) is 17.7 Å². The van der Waals surface area contributed by atoms with E-state index in [9.17, 15) is 14.3 Å². The molecule has 7 heteroatoms. The quantitative estimate of drug-likeness (QED) is 0.663. The largest absolute Gasteiger partial charge is 0.504 e. The van der Waals surface area contributed by atoms with Crippen LogP contribution in [0.1, 0.15) is 5.56 Å². The number of methoxy groups -OCH3 is 1. The summed E-state index contributed by atoms with van der Waals surface area (Å²) >= 11 is 6.38. The van der Waals surface area contributed by atoms with Crippen molar-refractivity contribution < 1.29 is 19.0 Å². The van der Waals surface area contributed by atoms with E-state index in [4.69, 9.17) is 17.0 Å². The number of hydrogen-bond acceptors (Lipinski definition) is 5. The van der Waals surface area contributed by atoms with E-state index in [0.29, 0.717) is 26.2 Å². The minimum absolute atomic E-state index is 0.0157. The van der Waals surface area contributed by atoms with E-state index in [-0.39, 0.29) is 11.7 Å². The third-order valence-electron chi connectivity index (χ3n) is 3.36. The first-order chi connectivity index (χ1) is 11.5. The van der Waals surface area contributed by atoms with Gasteiger partial charge < -0.3 is 9.84 Å². The molecule has 1 aliphatic rings. The van der Waals surface area contributed by atoms with E-state index < -0.39 is 5.82 Å². The molecule has 1 amide bonds. The minimum Gasteiger partial charge on any atom is -0.504 e. The Hall–Kier alpha value is -2.38. The maximum atomic E-state index is 13.4. The predicted octanol–water partition coefficient (Wildman–Crippen LogP) is 3.95. The van der Waals surface area contributed by atoms with Crippen LogP contribution in [0.15, 0.2) is 47.4 Å². The number of thioether (sulfide) groups is 1. The number of thiocarbonyl (C=S) groups is 1. The number of amides is 1. The Kier molecular flexibility index (Phi) is 4.55. The molecule has 3 rings (SSSR count). The van der Waals surface area contributed by atoms with E-state index in [2.05, 4.69) is 0 Å². The fraction of sp³-hybridized carbons (Fsp3) is 0.0588. The van der Waals surface area contributed by atoms with Gasteiger partial charge in [-0.3, -0.25) is 9.69 Å². The van der Waals surface area contributed by atoms with E-state index in [1.54, 1.807) is 24.3 Å². The van der Waals surface area contributed by atoms with Gasteiger partial charge in [-0.15, -0.1) is 0 Å². The Morgan fingerprint density at radius 3 is 2.79 bits per heavy atom. The van der Waals surface area contributed by atoms with Crippen molar-refractivity contribution in [1.29, 1.82) is 0 Å². The lowest BCUT2D eigenvalue weighted by atomic mass is 10.2. The van der Waals surface area contributed by atoms with Crippen molar-refractivity contribution in [2.24, 2.45) is 0 Å². The Labute approximate surface area is 147 Å². The van der Waals surface area contributed by atoms with Gasteiger partial charge in [-0.1, -0.05) is 36.1 Å². The molecule has 0 unspecified atom stereocenters. The van der Waals surface area contributed by atoms with Crippen molar-refractivity contribution in [3.63, 3.8) is 0 Å². The van der Waals surface area contributed by atoms with Gasteiger partial charge in [0, 0.05) is 0 Å². The number of anilines is 1. The van der Waals surface area contributed by atoms with Crippen LogP contribution in [0.3, 0.4) is 0 Å². The standard InChI is InChI=1S/C17H12FNO3S2/c1-22-14-7-10(5-6-13(14)20)8-15-16(21)19(17(23)24-15)12-4-2-3-11(18)9-12/h2-9,20H,1H3/b15-8+. The summed E-state index contributed by atoms with van der Waals surface area (Å²) in [6.45, 7) is 0. The zero-order chi connectivity index (χ0) is 17.3. The van der Waals surface area contributed by atoms with Gasteiger partial charge in [-0.2, -0.15) is 0 Å². The molecule has 122 valence electrons. The third-order valence-corrected chi connectivity index (χ3v) is 4.66. The fourth-order valence-electron chi connectivity index (χ4n) is 2.24. The summed E-state index contributed by atoms with van der Waals surface area (Å²) in [6, 6.07) is 10.5. The number of carbonyl (C=O) groups excluding carboxylic acids is 1. The number of benzene rings is 2. The first kappa shape index (κ1) is 16.5. The van der Waals surface area contributed by atoms with Crippen LogP contribution < -0.4 is 9.64 Å². The van der Waals surface area contributed by atoms with Crippen molar-refractivity contribution >= 4 is 46.0 Å². The number of phenols is 1. The van der Waals surface area contributed by atoms with E-state index in [1.807, 2.05) is 0 Å². The molecule has 0 bridgehead atoms. The first-order valence-electron chi connectivity index (χ1n) is 6.90.